The number of hydrogen-bond donors (Lipinski definition) is 1. The molecule has 2 rings (SSSR count). The molecule has 1 atom stereocenters. The van der Waals surface area contributed by atoms with Gasteiger partial charge in [0.25, 0.3) is 0 Å². The van der Waals surface area contributed by atoms with Crippen LogP contribution in [-0.4, -0.2) is 11.0 Å². The quantitative estimate of drug-likeness (QED) is 0.920. The van der Waals surface area contributed by atoms with Gasteiger partial charge in [0.15, 0.2) is 0 Å². The van der Waals surface area contributed by atoms with Gasteiger partial charge in [0.2, 0.25) is 0 Å². The normalized spacial score (nSPS) is 20.4. The van der Waals surface area contributed by atoms with Crippen LogP contribution >= 0.6 is 15.9 Å². The second-order valence-corrected chi connectivity index (χ2v) is 6.12. The molecule has 0 aliphatic heterocycles. The molecule has 1 unspecified atom stereocenters. The topological polar surface area (TPSA) is 38.9 Å². The van der Waals surface area contributed by atoms with Gasteiger partial charge in [-0.05, 0) is 52.7 Å². The van der Waals surface area contributed by atoms with E-state index in [0.29, 0.717) is 5.41 Å². The number of pyridine rings is 1. The third-order valence-electron chi connectivity index (χ3n) is 4.31. The standard InChI is InChI=1S/C14H21BrN2/c1-2-14(7-3-4-8-14)13(16)9-12-6-5-11(15)10-17-12/h5-6,10,13H,2-4,7-9,16H2,1H3. The van der Waals surface area contributed by atoms with E-state index >= 15 is 0 Å². The van der Waals surface area contributed by atoms with E-state index in [1.807, 2.05) is 12.3 Å². The van der Waals surface area contributed by atoms with Crippen LogP contribution in [0.25, 0.3) is 0 Å². The Labute approximate surface area is 112 Å². The van der Waals surface area contributed by atoms with E-state index in [2.05, 4.69) is 33.9 Å². The van der Waals surface area contributed by atoms with E-state index in [1.54, 1.807) is 0 Å². The fourth-order valence-corrected chi connectivity index (χ4v) is 3.27. The van der Waals surface area contributed by atoms with Gasteiger partial charge in [-0.3, -0.25) is 4.98 Å². The maximum Gasteiger partial charge on any atom is 0.0420 e. The average molecular weight is 297 g/mol. The van der Waals surface area contributed by atoms with Crippen molar-refractivity contribution in [2.24, 2.45) is 11.1 Å². The Balaban J connectivity index is 2.05. The lowest BCUT2D eigenvalue weighted by Gasteiger charge is -2.34. The molecule has 1 fully saturated rings. The molecule has 2 N–H and O–H groups in total. The third kappa shape index (κ3) is 2.89. The lowest BCUT2D eigenvalue weighted by molar-refractivity contribution is 0.218. The molecule has 0 amide bonds. The first-order valence-corrected chi connectivity index (χ1v) is 7.31. The summed E-state index contributed by atoms with van der Waals surface area (Å²) in [6.45, 7) is 2.28. The predicted molar refractivity (Wildman–Crippen MR) is 74.8 cm³/mol. The Morgan fingerprint density at radius 1 is 1.41 bits per heavy atom. The predicted octanol–water partition coefficient (Wildman–Crippen LogP) is 3.68. The minimum absolute atomic E-state index is 0.253. The van der Waals surface area contributed by atoms with Crippen LogP contribution in [0.3, 0.4) is 0 Å². The van der Waals surface area contributed by atoms with Crippen LogP contribution in [0.5, 0.6) is 0 Å². The monoisotopic (exact) mass is 296 g/mol. The lowest BCUT2D eigenvalue weighted by atomic mass is 9.75. The number of hydrogen-bond acceptors (Lipinski definition) is 2. The summed E-state index contributed by atoms with van der Waals surface area (Å²) in [5.41, 5.74) is 7.92. The third-order valence-corrected chi connectivity index (χ3v) is 4.78. The smallest absolute Gasteiger partial charge is 0.0420 e. The Hall–Kier alpha value is -0.410. The van der Waals surface area contributed by atoms with Crippen molar-refractivity contribution in [2.45, 2.75) is 51.5 Å². The minimum atomic E-state index is 0.253. The largest absolute Gasteiger partial charge is 0.327 e. The van der Waals surface area contributed by atoms with E-state index in [-0.39, 0.29) is 6.04 Å². The first kappa shape index (κ1) is 13.0. The zero-order valence-electron chi connectivity index (χ0n) is 10.5. The van der Waals surface area contributed by atoms with E-state index in [4.69, 9.17) is 5.73 Å². The number of nitrogens with two attached hydrogens (primary N) is 1. The van der Waals surface area contributed by atoms with Crippen LogP contribution in [0.4, 0.5) is 0 Å². The molecule has 2 nitrogen and oxygen atoms in total. The van der Waals surface area contributed by atoms with E-state index in [0.717, 1.165) is 16.6 Å². The highest BCUT2D eigenvalue weighted by Gasteiger charge is 2.37. The summed E-state index contributed by atoms with van der Waals surface area (Å²) >= 11 is 3.41. The maximum atomic E-state index is 6.44. The molecular formula is C14H21BrN2. The molecule has 1 saturated carbocycles. The molecule has 1 aromatic rings. The van der Waals surface area contributed by atoms with E-state index in [9.17, 15) is 0 Å². The molecule has 0 saturated heterocycles. The summed E-state index contributed by atoms with van der Waals surface area (Å²) in [6, 6.07) is 4.37. The summed E-state index contributed by atoms with van der Waals surface area (Å²) in [7, 11) is 0. The van der Waals surface area contributed by atoms with Gasteiger partial charge in [-0.2, -0.15) is 0 Å². The van der Waals surface area contributed by atoms with E-state index < -0.39 is 0 Å². The van der Waals surface area contributed by atoms with Crippen molar-refractivity contribution >= 4 is 15.9 Å². The molecule has 94 valence electrons. The minimum Gasteiger partial charge on any atom is -0.327 e. The molecule has 1 aliphatic carbocycles. The number of halogens is 1. The van der Waals surface area contributed by atoms with Gasteiger partial charge in [0, 0.05) is 28.8 Å². The Morgan fingerprint density at radius 3 is 2.65 bits per heavy atom. The lowest BCUT2D eigenvalue weighted by Crippen LogP contribution is -2.41. The van der Waals surface area contributed by atoms with Crippen molar-refractivity contribution < 1.29 is 0 Å². The highest BCUT2D eigenvalue weighted by Crippen LogP contribution is 2.43. The molecule has 3 heteroatoms. The first-order chi connectivity index (χ1) is 8.16. The average Bonchev–Trinajstić information content (AvgIpc) is 2.82. The van der Waals surface area contributed by atoms with Gasteiger partial charge in [-0.1, -0.05) is 19.8 Å². The molecule has 0 spiro atoms. The zero-order chi connectivity index (χ0) is 12.3. The SMILES string of the molecule is CCC1(C(N)Cc2ccc(Br)cn2)CCCC1. The molecule has 1 aromatic heterocycles. The van der Waals surface area contributed by atoms with Crippen molar-refractivity contribution in [3.8, 4) is 0 Å². The summed E-state index contributed by atoms with van der Waals surface area (Å²) in [5, 5.41) is 0. The van der Waals surface area contributed by atoms with Crippen LogP contribution in [0.1, 0.15) is 44.7 Å². The van der Waals surface area contributed by atoms with Gasteiger partial charge in [0.05, 0.1) is 0 Å². The summed E-state index contributed by atoms with van der Waals surface area (Å²) < 4.78 is 1.03. The fourth-order valence-electron chi connectivity index (χ4n) is 3.03. The van der Waals surface area contributed by atoms with Crippen LogP contribution in [0, 0.1) is 5.41 Å². The van der Waals surface area contributed by atoms with Gasteiger partial charge in [0.1, 0.15) is 0 Å². The second-order valence-electron chi connectivity index (χ2n) is 5.20. The van der Waals surface area contributed by atoms with Crippen LogP contribution < -0.4 is 5.73 Å². The van der Waals surface area contributed by atoms with Crippen LogP contribution in [0.2, 0.25) is 0 Å². The van der Waals surface area contributed by atoms with Crippen LogP contribution in [-0.2, 0) is 6.42 Å². The first-order valence-electron chi connectivity index (χ1n) is 6.52. The van der Waals surface area contributed by atoms with Gasteiger partial charge in [-0.15, -0.1) is 0 Å². The Morgan fingerprint density at radius 2 is 2.12 bits per heavy atom. The zero-order valence-corrected chi connectivity index (χ0v) is 12.0. The molecule has 17 heavy (non-hydrogen) atoms. The highest BCUT2D eigenvalue weighted by molar-refractivity contribution is 9.10. The van der Waals surface area contributed by atoms with Crippen molar-refractivity contribution in [1.82, 2.24) is 4.98 Å². The van der Waals surface area contributed by atoms with Crippen LogP contribution in [0.15, 0.2) is 22.8 Å². The van der Waals surface area contributed by atoms with Gasteiger partial charge < -0.3 is 5.73 Å². The molecule has 1 heterocycles. The van der Waals surface area contributed by atoms with Crippen molar-refractivity contribution in [3.63, 3.8) is 0 Å². The maximum absolute atomic E-state index is 6.44. The van der Waals surface area contributed by atoms with Gasteiger partial charge in [-0.25, -0.2) is 0 Å². The molecule has 0 radical (unpaired) electrons. The Kier molecular flexibility index (Phi) is 4.21. The molecule has 0 bridgehead atoms. The van der Waals surface area contributed by atoms with E-state index in [1.165, 1.54) is 32.1 Å². The summed E-state index contributed by atoms with van der Waals surface area (Å²) in [5.74, 6) is 0. The van der Waals surface area contributed by atoms with Crippen molar-refractivity contribution in [3.05, 3.63) is 28.5 Å². The van der Waals surface area contributed by atoms with Crippen molar-refractivity contribution in [1.29, 1.82) is 0 Å². The van der Waals surface area contributed by atoms with Gasteiger partial charge >= 0.3 is 0 Å². The number of nitrogens with zero attached hydrogens (tertiary/aromatic N) is 1. The molecular weight excluding hydrogens is 276 g/mol. The molecule has 1 aliphatic rings. The van der Waals surface area contributed by atoms with Crippen molar-refractivity contribution in [2.75, 3.05) is 0 Å². The highest BCUT2D eigenvalue weighted by atomic mass is 79.9. The number of aromatic nitrogens is 1. The molecule has 0 aromatic carbocycles. The fraction of sp³-hybridized carbons (Fsp3) is 0.643. The summed E-state index contributed by atoms with van der Waals surface area (Å²) in [6.07, 6.45) is 9.23. The second kappa shape index (κ2) is 5.49. The summed E-state index contributed by atoms with van der Waals surface area (Å²) in [4.78, 5) is 4.43. The number of rotatable bonds is 4. The Bertz CT molecular complexity index is 355.